The van der Waals surface area contributed by atoms with Crippen LogP contribution in [0.2, 0.25) is 0 Å². The van der Waals surface area contributed by atoms with E-state index in [9.17, 15) is 4.79 Å². The van der Waals surface area contributed by atoms with Crippen LogP contribution in [0.4, 0.5) is 0 Å². The third-order valence-corrected chi connectivity index (χ3v) is 4.13. The molecule has 0 atom stereocenters. The number of pyridine rings is 1. The van der Waals surface area contributed by atoms with Crippen LogP contribution < -0.4 is 0 Å². The van der Waals surface area contributed by atoms with Crippen LogP contribution >= 0.6 is 0 Å². The Morgan fingerprint density at radius 1 is 1.12 bits per heavy atom. The number of fused-ring (bicyclic) bond motifs is 1. The number of carbonyl (C=O) groups excluding carboxylic acids is 1. The highest BCUT2D eigenvalue weighted by Crippen LogP contribution is 2.13. The van der Waals surface area contributed by atoms with Gasteiger partial charge in [-0.3, -0.25) is 9.78 Å². The van der Waals surface area contributed by atoms with Crippen LogP contribution in [0.25, 0.3) is 11.0 Å². The Bertz CT molecular complexity index is 912. The normalized spacial score (nSPS) is 11.1. The summed E-state index contributed by atoms with van der Waals surface area (Å²) in [5, 5.41) is 0. The van der Waals surface area contributed by atoms with E-state index in [1.165, 1.54) is 5.56 Å². The van der Waals surface area contributed by atoms with Crippen LogP contribution in [-0.4, -0.2) is 39.4 Å². The number of nitrogens with zero attached hydrogens (tertiary/aromatic N) is 3. The maximum absolute atomic E-state index is 12.3. The van der Waals surface area contributed by atoms with Crippen LogP contribution in [0.3, 0.4) is 0 Å². The SMILES string of the molecule is Cc1cc(C)nc(CN(C)C(=O)COCc2nc3ccc(C)cc3[nH]2)c1. The number of hydrogen-bond donors (Lipinski definition) is 1. The van der Waals surface area contributed by atoms with Crippen molar-refractivity contribution in [1.29, 1.82) is 0 Å². The third kappa shape index (κ3) is 4.46. The zero-order valence-corrected chi connectivity index (χ0v) is 15.7. The van der Waals surface area contributed by atoms with Gasteiger partial charge in [0.2, 0.25) is 5.91 Å². The highest BCUT2D eigenvalue weighted by atomic mass is 16.5. The number of ether oxygens (including phenoxy) is 1. The Morgan fingerprint density at radius 2 is 1.92 bits per heavy atom. The zero-order valence-electron chi connectivity index (χ0n) is 15.7. The van der Waals surface area contributed by atoms with E-state index in [2.05, 4.69) is 15.0 Å². The minimum absolute atomic E-state index is 0.0113. The summed E-state index contributed by atoms with van der Waals surface area (Å²) in [5.74, 6) is 0.634. The van der Waals surface area contributed by atoms with Gasteiger partial charge >= 0.3 is 0 Å². The van der Waals surface area contributed by atoms with Gasteiger partial charge in [0.05, 0.1) is 23.3 Å². The lowest BCUT2D eigenvalue weighted by molar-refractivity contribution is -0.135. The maximum Gasteiger partial charge on any atom is 0.248 e. The highest BCUT2D eigenvalue weighted by molar-refractivity contribution is 5.77. The van der Waals surface area contributed by atoms with Gasteiger partial charge in [-0.2, -0.15) is 0 Å². The summed E-state index contributed by atoms with van der Waals surface area (Å²) < 4.78 is 5.54. The lowest BCUT2D eigenvalue weighted by Crippen LogP contribution is -2.30. The van der Waals surface area contributed by atoms with Crippen molar-refractivity contribution in [3.05, 3.63) is 58.7 Å². The number of imidazole rings is 1. The Labute approximate surface area is 153 Å². The average molecular weight is 352 g/mol. The fourth-order valence-electron chi connectivity index (χ4n) is 2.93. The smallest absolute Gasteiger partial charge is 0.248 e. The van der Waals surface area contributed by atoms with Gasteiger partial charge in [0.15, 0.2) is 0 Å². The topological polar surface area (TPSA) is 71.1 Å². The summed E-state index contributed by atoms with van der Waals surface area (Å²) in [6, 6.07) is 10.0. The molecule has 2 aromatic heterocycles. The summed E-state index contributed by atoms with van der Waals surface area (Å²) in [4.78, 5) is 26.0. The number of aromatic nitrogens is 3. The van der Waals surface area contributed by atoms with Crippen molar-refractivity contribution in [3.8, 4) is 0 Å². The Kier molecular flexibility index (Phi) is 5.32. The lowest BCUT2D eigenvalue weighted by Gasteiger charge is -2.17. The first kappa shape index (κ1) is 18.1. The number of likely N-dealkylation sites (N-methyl/N-ethyl adjacent to an activating group) is 1. The number of aromatic amines is 1. The van der Waals surface area contributed by atoms with E-state index in [1.807, 2.05) is 51.1 Å². The van der Waals surface area contributed by atoms with Crippen molar-refractivity contribution in [2.24, 2.45) is 0 Å². The summed E-state index contributed by atoms with van der Waals surface area (Å²) in [6.45, 7) is 6.77. The summed E-state index contributed by atoms with van der Waals surface area (Å²) in [6.07, 6.45) is 0. The molecular formula is C20H24N4O2. The van der Waals surface area contributed by atoms with Crippen LogP contribution in [0, 0.1) is 20.8 Å². The van der Waals surface area contributed by atoms with E-state index in [4.69, 9.17) is 4.74 Å². The molecule has 2 heterocycles. The number of nitrogens with one attached hydrogen (secondary N) is 1. The second kappa shape index (κ2) is 7.66. The predicted molar refractivity (Wildman–Crippen MR) is 101 cm³/mol. The molecule has 3 rings (SSSR count). The van der Waals surface area contributed by atoms with Crippen LogP contribution in [-0.2, 0) is 22.7 Å². The summed E-state index contributed by atoms with van der Waals surface area (Å²) in [7, 11) is 1.76. The fraction of sp³-hybridized carbons (Fsp3) is 0.350. The first-order valence-electron chi connectivity index (χ1n) is 8.62. The molecule has 3 aromatic rings. The minimum Gasteiger partial charge on any atom is -0.364 e. The van der Waals surface area contributed by atoms with Crippen molar-refractivity contribution in [1.82, 2.24) is 19.9 Å². The molecular weight excluding hydrogens is 328 g/mol. The standard InChI is InChI=1S/C20H24N4O2/c1-13-5-6-17-18(9-13)23-19(22-17)11-26-12-20(25)24(4)10-16-8-14(2)7-15(3)21-16/h5-9H,10-12H2,1-4H3,(H,22,23). The van der Waals surface area contributed by atoms with Gasteiger partial charge in [-0.05, 0) is 56.2 Å². The molecule has 1 N–H and O–H groups in total. The van der Waals surface area contributed by atoms with E-state index >= 15 is 0 Å². The number of amides is 1. The number of aryl methyl sites for hydroxylation is 3. The molecule has 26 heavy (non-hydrogen) atoms. The minimum atomic E-state index is -0.0853. The first-order chi connectivity index (χ1) is 12.4. The quantitative estimate of drug-likeness (QED) is 0.740. The fourth-order valence-corrected chi connectivity index (χ4v) is 2.93. The number of benzene rings is 1. The van der Waals surface area contributed by atoms with Crippen molar-refractivity contribution >= 4 is 16.9 Å². The zero-order chi connectivity index (χ0) is 18.7. The molecule has 0 unspecified atom stereocenters. The van der Waals surface area contributed by atoms with Crippen LogP contribution in [0.15, 0.2) is 30.3 Å². The molecule has 0 fully saturated rings. The van der Waals surface area contributed by atoms with Gasteiger partial charge in [-0.15, -0.1) is 0 Å². The second-order valence-corrected chi connectivity index (χ2v) is 6.72. The van der Waals surface area contributed by atoms with Crippen LogP contribution in [0.5, 0.6) is 0 Å². The molecule has 0 spiro atoms. The molecule has 6 heteroatoms. The number of hydrogen-bond acceptors (Lipinski definition) is 4. The molecule has 0 radical (unpaired) electrons. The largest absolute Gasteiger partial charge is 0.364 e. The highest BCUT2D eigenvalue weighted by Gasteiger charge is 2.12. The Morgan fingerprint density at radius 3 is 2.69 bits per heavy atom. The average Bonchev–Trinajstić information content (AvgIpc) is 2.95. The molecule has 136 valence electrons. The first-order valence-corrected chi connectivity index (χ1v) is 8.62. The van der Waals surface area contributed by atoms with Gasteiger partial charge in [0.25, 0.3) is 0 Å². The van der Waals surface area contributed by atoms with Gasteiger partial charge in [0.1, 0.15) is 19.0 Å². The molecule has 1 aromatic carbocycles. The Hall–Kier alpha value is -2.73. The molecule has 0 aliphatic rings. The van der Waals surface area contributed by atoms with E-state index < -0.39 is 0 Å². The van der Waals surface area contributed by atoms with Crippen LogP contribution in [0.1, 0.15) is 28.3 Å². The molecule has 0 saturated heterocycles. The van der Waals surface area contributed by atoms with Gasteiger partial charge in [0, 0.05) is 12.7 Å². The second-order valence-electron chi connectivity index (χ2n) is 6.72. The third-order valence-electron chi connectivity index (χ3n) is 4.13. The van der Waals surface area contributed by atoms with Gasteiger partial charge in [-0.1, -0.05) is 6.07 Å². The number of rotatable bonds is 6. The van der Waals surface area contributed by atoms with Crippen molar-refractivity contribution in [2.75, 3.05) is 13.7 Å². The lowest BCUT2D eigenvalue weighted by atomic mass is 10.2. The van der Waals surface area contributed by atoms with Crippen molar-refractivity contribution < 1.29 is 9.53 Å². The summed E-state index contributed by atoms with van der Waals surface area (Å²) in [5.41, 5.74) is 6.03. The molecule has 1 amide bonds. The monoisotopic (exact) mass is 352 g/mol. The molecule has 0 bridgehead atoms. The molecule has 6 nitrogen and oxygen atoms in total. The molecule has 0 aliphatic carbocycles. The van der Waals surface area contributed by atoms with E-state index in [-0.39, 0.29) is 19.1 Å². The summed E-state index contributed by atoms with van der Waals surface area (Å²) >= 11 is 0. The van der Waals surface area contributed by atoms with Gasteiger partial charge in [-0.25, -0.2) is 4.98 Å². The number of carbonyl (C=O) groups is 1. The molecule has 0 aliphatic heterocycles. The predicted octanol–water partition coefficient (Wildman–Crippen LogP) is 3.06. The van der Waals surface area contributed by atoms with Crippen molar-refractivity contribution in [3.63, 3.8) is 0 Å². The van der Waals surface area contributed by atoms with E-state index in [1.54, 1.807) is 11.9 Å². The van der Waals surface area contributed by atoms with E-state index in [0.29, 0.717) is 6.54 Å². The molecule has 0 saturated carbocycles. The van der Waals surface area contributed by atoms with Gasteiger partial charge < -0.3 is 14.6 Å². The Balaban J connectivity index is 1.52. The number of H-pyrrole nitrogens is 1. The van der Waals surface area contributed by atoms with Crippen molar-refractivity contribution in [2.45, 2.75) is 33.9 Å². The van der Waals surface area contributed by atoms with E-state index in [0.717, 1.165) is 33.8 Å². The maximum atomic E-state index is 12.3.